The molecule has 2 rings (SSSR count). The molecule has 0 aliphatic rings. The smallest absolute Gasteiger partial charge is 0.278 e. The van der Waals surface area contributed by atoms with Gasteiger partial charge < -0.3 is 10.3 Å². The zero-order valence-corrected chi connectivity index (χ0v) is 12.7. The number of carbonyl (C=O) groups excluding carboxylic acids is 1. The summed E-state index contributed by atoms with van der Waals surface area (Å²) in [5.41, 5.74) is 1.81. The molecule has 0 saturated heterocycles. The lowest BCUT2D eigenvalue weighted by Crippen LogP contribution is -2.14. The maximum atomic E-state index is 12.1. The van der Waals surface area contributed by atoms with E-state index in [0.717, 1.165) is 5.56 Å². The number of aromatic amines is 1. The Hall–Kier alpha value is -2.35. The van der Waals surface area contributed by atoms with Crippen molar-refractivity contribution in [1.29, 1.82) is 0 Å². The molecule has 1 heterocycles. The van der Waals surface area contributed by atoms with Crippen LogP contribution in [0.15, 0.2) is 29.4 Å². The number of carbonyl (C=O) groups is 1. The molecule has 0 aliphatic carbocycles. The standard InChI is InChI=1S/C13H16N4O3S/c1-8-6-11(4-5-12(8)16-10(3)18)17-21(19,20)13-7-14-9(2)15-13/h4-7,17H,1-3H3,(H,14,15)(H,16,18). The van der Waals surface area contributed by atoms with Crippen LogP contribution in [0.3, 0.4) is 0 Å². The molecule has 0 atom stereocenters. The fraction of sp³-hybridized carbons (Fsp3) is 0.231. The number of benzene rings is 1. The number of nitrogens with one attached hydrogen (secondary N) is 3. The van der Waals surface area contributed by atoms with Crippen molar-refractivity contribution < 1.29 is 13.2 Å². The molecular formula is C13H16N4O3S. The van der Waals surface area contributed by atoms with E-state index in [0.29, 0.717) is 17.2 Å². The number of amides is 1. The Morgan fingerprint density at radius 2 is 2.00 bits per heavy atom. The Morgan fingerprint density at radius 3 is 2.52 bits per heavy atom. The molecule has 0 fully saturated rings. The van der Waals surface area contributed by atoms with Gasteiger partial charge >= 0.3 is 0 Å². The predicted octanol–water partition coefficient (Wildman–Crippen LogP) is 1.79. The Balaban J connectivity index is 2.24. The van der Waals surface area contributed by atoms with Crippen molar-refractivity contribution >= 4 is 27.3 Å². The van der Waals surface area contributed by atoms with Crippen LogP contribution in [-0.4, -0.2) is 24.3 Å². The van der Waals surface area contributed by atoms with E-state index in [1.165, 1.54) is 13.1 Å². The summed E-state index contributed by atoms with van der Waals surface area (Å²) in [6.07, 6.45) is 1.26. The van der Waals surface area contributed by atoms with Gasteiger partial charge in [0.05, 0.1) is 6.20 Å². The predicted molar refractivity (Wildman–Crippen MR) is 79.6 cm³/mol. The largest absolute Gasteiger partial charge is 0.332 e. The van der Waals surface area contributed by atoms with Crippen LogP contribution in [0.5, 0.6) is 0 Å². The summed E-state index contributed by atoms with van der Waals surface area (Å²) in [4.78, 5) is 17.6. The van der Waals surface area contributed by atoms with E-state index >= 15 is 0 Å². The third kappa shape index (κ3) is 3.60. The van der Waals surface area contributed by atoms with Crippen molar-refractivity contribution in [3.63, 3.8) is 0 Å². The van der Waals surface area contributed by atoms with Crippen molar-refractivity contribution in [3.8, 4) is 0 Å². The number of sulfonamides is 1. The molecule has 0 unspecified atom stereocenters. The second kappa shape index (κ2) is 5.57. The topological polar surface area (TPSA) is 104 Å². The van der Waals surface area contributed by atoms with Crippen molar-refractivity contribution in [2.45, 2.75) is 25.8 Å². The average molecular weight is 308 g/mol. The monoisotopic (exact) mass is 308 g/mol. The van der Waals surface area contributed by atoms with Crippen LogP contribution < -0.4 is 10.0 Å². The minimum Gasteiger partial charge on any atom is -0.332 e. The van der Waals surface area contributed by atoms with Crippen molar-refractivity contribution in [2.75, 3.05) is 10.0 Å². The summed E-state index contributed by atoms with van der Waals surface area (Å²) in [7, 11) is -3.70. The van der Waals surface area contributed by atoms with Crippen LogP contribution in [0.4, 0.5) is 11.4 Å². The van der Waals surface area contributed by atoms with E-state index in [1.54, 1.807) is 32.0 Å². The molecule has 0 spiro atoms. The zero-order chi connectivity index (χ0) is 15.6. The first-order valence-electron chi connectivity index (χ1n) is 6.20. The second-order valence-corrected chi connectivity index (χ2v) is 6.30. The molecule has 3 N–H and O–H groups in total. The number of imidazole rings is 1. The minimum absolute atomic E-state index is 0.00332. The lowest BCUT2D eigenvalue weighted by atomic mass is 10.2. The van der Waals surface area contributed by atoms with Gasteiger partial charge in [-0.05, 0) is 37.6 Å². The van der Waals surface area contributed by atoms with Gasteiger partial charge in [-0.15, -0.1) is 0 Å². The van der Waals surface area contributed by atoms with Crippen molar-refractivity contribution in [3.05, 3.63) is 35.8 Å². The summed E-state index contributed by atoms with van der Waals surface area (Å²) < 4.78 is 26.7. The zero-order valence-electron chi connectivity index (χ0n) is 11.9. The number of hydrogen-bond acceptors (Lipinski definition) is 4. The highest BCUT2D eigenvalue weighted by molar-refractivity contribution is 7.92. The van der Waals surface area contributed by atoms with Gasteiger partial charge in [-0.2, -0.15) is 8.42 Å². The fourth-order valence-corrected chi connectivity index (χ4v) is 2.82. The number of rotatable bonds is 4. The first-order valence-corrected chi connectivity index (χ1v) is 7.69. The first-order chi connectivity index (χ1) is 9.78. The van der Waals surface area contributed by atoms with Crippen LogP contribution in [0.25, 0.3) is 0 Å². The van der Waals surface area contributed by atoms with Gasteiger partial charge in [-0.25, -0.2) is 4.98 Å². The summed E-state index contributed by atoms with van der Waals surface area (Å²) >= 11 is 0. The third-order valence-electron chi connectivity index (χ3n) is 2.76. The van der Waals surface area contributed by atoms with Crippen LogP contribution in [0, 0.1) is 13.8 Å². The Labute approximate surface area is 122 Å². The normalized spacial score (nSPS) is 11.2. The number of hydrogen-bond donors (Lipinski definition) is 3. The van der Waals surface area contributed by atoms with E-state index in [-0.39, 0.29) is 10.9 Å². The molecule has 0 aliphatic heterocycles. The van der Waals surface area contributed by atoms with Gasteiger partial charge in [0.1, 0.15) is 5.82 Å². The second-order valence-electron chi connectivity index (χ2n) is 4.65. The molecule has 1 aromatic carbocycles. The molecule has 0 radical (unpaired) electrons. The third-order valence-corrected chi connectivity index (χ3v) is 4.05. The first kappa shape index (κ1) is 15.0. The number of anilines is 2. The Morgan fingerprint density at radius 1 is 1.29 bits per heavy atom. The molecule has 7 nitrogen and oxygen atoms in total. The van der Waals surface area contributed by atoms with Gasteiger partial charge in [-0.1, -0.05) is 0 Å². The Kier molecular flexibility index (Phi) is 3.99. The molecule has 8 heteroatoms. The van der Waals surface area contributed by atoms with Crippen LogP contribution in [0.1, 0.15) is 18.3 Å². The highest BCUT2D eigenvalue weighted by atomic mass is 32.2. The molecule has 2 aromatic rings. The van der Waals surface area contributed by atoms with E-state index < -0.39 is 10.0 Å². The van der Waals surface area contributed by atoms with E-state index in [2.05, 4.69) is 20.0 Å². The minimum atomic E-state index is -3.70. The van der Waals surface area contributed by atoms with Gasteiger partial charge in [0.2, 0.25) is 5.91 Å². The fourth-order valence-electron chi connectivity index (χ4n) is 1.80. The van der Waals surface area contributed by atoms with Gasteiger partial charge in [-0.3, -0.25) is 9.52 Å². The molecule has 0 bridgehead atoms. The van der Waals surface area contributed by atoms with Crippen LogP contribution >= 0.6 is 0 Å². The number of nitrogens with zero attached hydrogens (tertiary/aromatic N) is 1. The van der Waals surface area contributed by atoms with Crippen LogP contribution in [-0.2, 0) is 14.8 Å². The highest BCUT2D eigenvalue weighted by Crippen LogP contribution is 2.21. The lowest BCUT2D eigenvalue weighted by molar-refractivity contribution is -0.114. The number of H-pyrrole nitrogens is 1. The number of aromatic nitrogens is 2. The lowest BCUT2D eigenvalue weighted by Gasteiger charge is -2.10. The SMILES string of the molecule is CC(=O)Nc1ccc(NS(=O)(=O)c2cnc(C)[nH]2)cc1C. The quantitative estimate of drug-likeness (QED) is 0.801. The maximum Gasteiger partial charge on any atom is 0.278 e. The summed E-state index contributed by atoms with van der Waals surface area (Å²) in [5, 5.41) is 2.67. The van der Waals surface area contributed by atoms with E-state index in [1.807, 2.05) is 0 Å². The average Bonchev–Trinajstić information content (AvgIpc) is 2.79. The molecule has 1 aromatic heterocycles. The molecular weight excluding hydrogens is 292 g/mol. The number of aryl methyl sites for hydroxylation is 2. The molecule has 21 heavy (non-hydrogen) atoms. The molecule has 1 amide bonds. The molecule has 0 saturated carbocycles. The molecule has 112 valence electrons. The van der Waals surface area contributed by atoms with Gasteiger partial charge in [0.15, 0.2) is 5.03 Å². The Bertz CT molecular complexity index is 780. The van der Waals surface area contributed by atoms with E-state index in [4.69, 9.17) is 0 Å². The van der Waals surface area contributed by atoms with Crippen LogP contribution in [0.2, 0.25) is 0 Å². The van der Waals surface area contributed by atoms with Gasteiger partial charge in [0, 0.05) is 18.3 Å². The van der Waals surface area contributed by atoms with E-state index in [9.17, 15) is 13.2 Å². The summed E-state index contributed by atoms with van der Waals surface area (Å²) in [6, 6.07) is 4.87. The van der Waals surface area contributed by atoms with Crippen molar-refractivity contribution in [1.82, 2.24) is 9.97 Å². The summed E-state index contributed by atoms with van der Waals surface area (Å²) in [5.74, 6) is 0.340. The highest BCUT2D eigenvalue weighted by Gasteiger charge is 2.17. The maximum absolute atomic E-state index is 12.1. The van der Waals surface area contributed by atoms with Gasteiger partial charge in [0.25, 0.3) is 10.0 Å². The van der Waals surface area contributed by atoms with Crippen molar-refractivity contribution in [2.24, 2.45) is 0 Å². The summed E-state index contributed by atoms with van der Waals surface area (Å²) in [6.45, 7) is 4.87.